The molecule has 0 aromatic rings. The van der Waals surface area contributed by atoms with Crippen molar-refractivity contribution in [2.24, 2.45) is 5.41 Å². The van der Waals surface area contributed by atoms with Crippen molar-refractivity contribution >= 4 is 5.97 Å². The molecule has 0 saturated heterocycles. The molecule has 0 rings (SSSR count). The molecule has 1 N–H and O–H groups in total. The second-order valence-corrected chi connectivity index (χ2v) is 4.22. The fourth-order valence-corrected chi connectivity index (χ4v) is 1.38. The van der Waals surface area contributed by atoms with Gasteiger partial charge in [0, 0.05) is 13.0 Å². The molecule has 0 aliphatic carbocycles. The topological polar surface area (TPSA) is 46.5 Å². The van der Waals surface area contributed by atoms with Crippen molar-refractivity contribution in [1.82, 2.24) is 0 Å². The van der Waals surface area contributed by atoms with Crippen LogP contribution < -0.4 is 0 Å². The number of carboxylic acid groups (broad SMARTS) is 1. The molecule has 0 heterocycles. The van der Waals surface area contributed by atoms with Crippen LogP contribution in [0.2, 0.25) is 0 Å². The van der Waals surface area contributed by atoms with E-state index in [-0.39, 0.29) is 17.9 Å². The molecule has 0 bridgehead atoms. The van der Waals surface area contributed by atoms with E-state index in [1.54, 1.807) is 0 Å². The maximum absolute atomic E-state index is 10.5. The molecule has 3 heteroatoms. The third-order valence-corrected chi connectivity index (χ3v) is 2.77. The Bertz CT molecular complexity index is 175. The summed E-state index contributed by atoms with van der Waals surface area (Å²) in [6.07, 6.45) is 1.84. The first-order chi connectivity index (χ1) is 6.44. The van der Waals surface area contributed by atoms with Crippen molar-refractivity contribution in [2.75, 3.05) is 6.61 Å². The Morgan fingerprint density at radius 2 is 2.00 bits per heavy atom. The van der Waals surface area contributed by atoms with Crippen LogP contribution in [-0.4, -0.2) is 23.8 Å². The summed E-state index contributed by atoms with van der Waals surface area (Å²) in [4.78, 5) is 10.5. The quantitative estimate of drug-likeness (QED) is 0.690. The molecule has 0 radical (unpaired) electrons. The van der Waals surface area contributed by atoms with E-state index in [2.05, 4.69) is 20.8 Å². The van der Waals surface area contributed by atoms with Crippen LogP contribution in [0.3, 0.4) is 0 Å². The molecule has 0 fully saturated rings. The lowest BCUT2D eigenvalue weighted by molar-refractivity contribution is -0.138. The summed E-state index contributed by atoms with van der Waals surface area (Å²) in [5.74, 6) is -0.749. The Hall–Kier alpha value is -0.570. The molecule has 3 nitrogen and oxygen atoms in total. The minimum absolute atomic E-state index is 0.0496. The van der Waals surface area contributed by atoms with Crippen molar-refractivity contribution in [3.8, 4) is 0 Å². The molecule has 14 heavy (non-hydrogen) atoms. The van der Waals surface area contributed by atoms with Crippen molar-refractivity contribution in [2.45, 2.75) is 53.1 Å². The smallest absolute Gasteiger partial charge is 0.303 e. The SMILES string of the molecule is CCOC(CCC(=O)O)C(C)(C)CC. The first kappa shape index (κ1) is 13.4. The first-order valence-corrected chi connectivity index (χ1v) is 5.27. The van der Waals surface area contributed by atoms with E-state index in [9.17, 15) is 4.79 Å². The predicted molar refractivity (Wildman–Crippen MR) is 56.4 cm³/mol. The molecule has 0 aromatic heterocycles. The van der Waals surface area contributed by atoms with E-state index in [0.717, 1.165) is 6.42 Å². The average Bonchev–Trinajstić information content (AvgIpc) is 2.11. The molecule has 84 valence electrons. The zero-order chi connectivity index (χ0) is 11.2. The van der Waals surface area contributed by atoms with Gasteiger partial charge in [-0.05, 0) is 25.2 Å². The molecule has 1 unspecified atom stereocenters. The molecule has 1 atom stereocenters. The Morgan fingerprint density at radius 3 is 2.36 bits per heavy atom. The molecule has 0 amide bonds. The van der Waals surface area contributed by atoms with Crippen LogP contribution in [0.4, 0.5) is 0 Å². The van der Waals surface area contributed by atoms with E-state index >= 15 is 0 Å². The standard InChI is InChI=1S/C11H22O3/c1-5-11(3,4)9(14-6-2)7-8-10(12)13/h9H,5-8H2,1-4H3,(H,12,13). The lowest BCUT2D eigenvalue weighted by Crippen LogP contribution is -2.32. The summed E-state index contributed by atoms with van der Waals surface area (Å²) < 4.78 is 5.58. The normalized spacial score (nSPS) is 14.0. The van der Waals surface area contributed by atoms with Crippen LogP contribution >= 0.6 is 0 Å². The summed E-state index contributed by atoms with van der Waals surface area (Å²) in [5.41, 5.74) is 0.0610. The number of carboxylic acids is 1. The number of hydrogen-bond acceptors (Lipinski definition) is 2. The van der Waals surface area contributed by atoms with Gasteiger partial charge in [-0.1, -0.05) is 20.8 Å². The summed E-state index contributed by atoms with van der Waals surface area (Å²) in [6, 6.07) is 0. The van der Waals surface area contributed by atoms with Gasteiger partial charge in [-0.15, -0.1) is 0 Å². The Morgan fingerprint density at radius 1 is 1.43 bits per heavy atom. The highest BCUT2D eigenvalue weighted by Gasteiger charge is 2.28. The lowest BCUT2D eigenvalue weighted by Gasteiger charge is -2.32. The summed E-state index contributed by atoms with van der Waals surface area (Å²) >= 11 is 0. The maximum Gasteiger partial charge on any atom is 0.303 e. The number of rotatable bonds is 7. The Labute approximate surface area is 86.5 Å². The van der Waals surface area contributed by atoms with Crippen LogP contribution in [0, 0.1) is 5.41 Å². The highest BCUT2D eigenvalue weighted by atomic mass is 16.5. The summed E-state index contributed by atoms with van der Waals surface area (Å²) in [5, 5.41) is 8.61. The van der Waals surface area contributed by atoms with E-state index in [1.165, 1.54) is 0 Å². The second kappa shape index (κ2) is 6.02. The van der Waals surface area contributed by atoms with Gasteiger partial charge in [0.2, 0.25) is 0 Å². The average molecular weight is 202 g/mol. The van der Waals surface area contributed by atoms with Crippen LogP contribution in [0.15, 0.2) is 0 Å². The van der Waals surface area contributed by atoms with Crippen molar-refractivity contribution in [3.05, 3.63) is 0 Å². The van der Waals surface area contributed by atoms with Gasteiger partial charge in [0.25, 0.3) is 0 Å². The van der Waals surface area contributed by atoms with Crippen molar-refractivity contribution in [3.63, 3.8) is 0 Å². The summed E-state index contributed by atoms with van der Waals surface area (Å²) in [7, 11) is 0. The third kappa shape index (κ3) is 4.61. The van der Waals surface area contributed by atoms with E-state index in [4.69, 9.17) is 9.84 Å². The monoisotopic (exact) mass is 202 g/mol. The van der Waals surface area contributed by atoms with Crippen LogP contribution in [-0.2, 0) is 9.53 Å². The van der Waals surface area contributed by atoms with Gasteiger partial charge >= 0.3 is 5.97 Å². The van der Waals surface area contributed by atoms with Gasteiger partial charge in [-0.3, -0.25) is 4.79 Å². The number of carbonyl (C=O) groups is 1. The third-order valence-electron chi connectivity index (χ3n) is 2.77. The zero-order valence-electron chi connectivity index (χ0n) is 9.67. The highest BCUT2D eigenvalue weighted by Crippen LogP contribution is 2.30. The number of ether oxygens (including phenoxy) is 1. The molecule has 0 aromatic carbocycles. The Balaban J connectivity index is 4.20. The van der Waals surface area contributed by atoms with Crippen LogP contribution in [0.25, 0.3) is 0 Å². The molecule has 0 aliphatic heterocycles. The van der Waals surface area contributed by atoms with Gasteiger partial charge in [0.15, 0.2) is 0 Å². The van der Waals surface area contributed by atoms with Gasteiger partial charge in [0.05, 0.1) is 6.10 Å². The number of aliphatic carboxylic acids is 1. The van der Waals surface area contributed by atoms with E-state index in [0.29, 0.717) is 13.0 Å². The van der Waals surface area contributed by atoms with Gasteiger partial charge < -0.3 is 9.84 Å². The van der Waals surface area contributed by atoms with Crippen LogP contribution in [0.1, 0.15) is 47.0 Å². The molecule has 0 saturated carbocycles. The molecular formula is C11H22O3. The fourth-order valence-electron chi connectivity index (χ4n) is 1.38. The second-order valence-electron chi connectivity index (χ2n) is 4.22. The largest absolute Gasteiger partial charge is 0.481 e. The molecule has 0 aliphatic rings. The highest BCUT2D eigenvalue weighted by molar-refractivity contribution is 5.66. The van der Waals surface area contributed by atoms with E-state index < -0.39 is 5.97 Å². The van der Waals surface area contributed by atoms with E-state index in [1.807, 2.05) is 6.92 Å². The zero-order valence-corrected chi connectivity index (χ0v) is 9.67. The molecule has 0 spiro atoms. The summed E-state index contributed by atoms with van der Waals surface area (Å²) in [6.45, 7) is 8.93. The minimum Gasteiger partial charge on any atom is -0.481 e. The predicted octanol–water partition coefficient (Wildman–Crippen LogP) is 2.69. The van der Waals surface area contributed by atoms with Crippen molar-refractivity contribution in [1.29, 1.82) is 0 Å². The molecular weight excluding hydrogens is 180 g/mol. The van der Waals surface area contributed by atoms with Crippen molar-refractivity contribution < 1.29 is 14.6 Å². The fraction of sp³-hybridized carbons (Fsp3) is 0.909. The first-order valence-electron chi connectivity index (χ1n) is 5.27. The van der Waals surface area contributed by atoms with Gasteiger partial charge in [0.1, 0.15) is 0 Å². The van der Waals surface area contributed by atoms with Crippen LogP contribution in [0.5, 0.6) is 0 Å². The minimum atomic E-state index is -0.749. The van der Waals surface area contributed by atoms with Gasteiger partial charge in [-0.2, -0.15) is 0 Å². The maximum atomic E-state index is 10.5. The number of hydrogen-bond donors (Lipinski definition) is 1. The lowest BCUT2D eigenvalue weighted by atomic mass is 9.81. The van der Waals surface area contributed by atoms with Gasteiger partial charge in [-0.25, -0.2) is 0 Å². The Kier molecular flexibility index (Phi) is 5.77.